The van der Waals surface area contributed by atoms with Gasteiger partial charge in [0.05, 0.1) is 0 Å². The van der Waals surface area contributed by atoms with Crippen LogP contribution >= 0.6 is 0 Å². The molecule has 10 nitrogen and oxygen atoms in total. The van der Waals surface area contributed by atoms with E-state index in [9.17, 15) is 14.4 Å². The van der Waals surface area contributed by atoms with Crippen molar-refractivity contribution < 1.29 is 29.1 Å². The summed E-state index contributed by atoms with van der Waals surface area (Å²) in [7, 11) is 0. The molecule has 0 saturated heterocycles. The molecule has 0 saturated carbocycles. The van der Waals surface area contributed by atoms with Gasteiger partial charge in [0.1, 0.15) is 24.1 Å². The van der Waals surface area contributed by atoms with Gasteiger partial charge < -0.3 is 25.8 Å². The van der Waals surface area contributed by atoms with Gasteiger partial charge >= 0.3 is 0 Å². The van der Waals surface area contributed by atoms with Crippen molar-refractivity contribution in [2.45, 2.75) is 25.3 Å². The fourth-order valence-corrected chi connectivity index (χ4v) is 5.58. The number of ether oxygens (including phenoxy) is 2. The fourth-order valence-electron chi connectivity index (χ4n) is 5.58. The molecule has 0 heterocycles. The summed E-state index contributed by atoms with van der Waals surface area (Å²) in [5.74, 6) is -0.542. The Hall–Kier alpha value is -5.71. The van der Waals surface area contributed by atoms with Crippen molar-refractivity contribution in [3.8, 4) is 22.6 Å². The molecule has 10 heteroatoms. The van der Waals surface area contributed by atoms with E-state index in [0.717, 1.165) is 32.7 Å². The molecule has 0 unspecified atom stereocenters. The topological polar surface area (TPSA) is 152 Å². The average Bonchev–Trinajstić information content (AvgIpc) is 3.12. The van der Waals surface area contributed by atoms with Crippen LogP contribution in [-0.4, -0.2) is 48.7 Å². The number of hydrogen-bond acceptors (Lipinski definition) is 7. The van der Waals surface area contributed by atoms with Gasteiger partial charge in [-0.3, -0.25) is 19.6 Å². The predicted molar refractivity (Wildman–Crippen MR) is 187 cm³/mol. The molecule has 0 aliphatic rings. The zero-order valence-corrected chi connectivity index (χ0v) is 26.4. The van der Waals surface area contributed by atoms with Crippen LogP contribution in [0.3, 0.4) is 0 Å². The lowest BCUT2D eigenvalue weighted by Crippen LogP contribution is -2.45. The van der Waals surface area contributed by atoms with Crippen molar-refractivity contribution in [1.82, 2.24) is 10.8 Å². The molecular weight excluding hydrogens is 608 g/mol. The number of hydroxylamine groups is 1. The summed E-state index contributed by atoms with van der Waals surface area (Å²) in [5.41, 5.74) is 9.35. The molecule has 5 rings (SSSR count). The highest BCUT2D eigenvalue weighted by molar-refractivity contribution is 6.10. The average molecular weight is 647 g/mol. The van der Waals surface area contributed by atoms with Crippen molar-refractivity contribution in [3.63, 3.8) is 0 Å². The maximum absolute atomic E-state index is 13.4. The molecule has 6 N–H and O–H groups in total. The van der Waals surface area contributed by atoms with Gasteiger partial charge in [-0.25, -0.2) is 5.48 Å². The van der Waals surface area contributed by atoms with E-state index < -0.39 is 23.8 Å². The Kier molecular flexibility index (Phi) is 11.4. The standard InChI is InChI=1S/C38H38N4O6/c1-2-22-47-32-19-17-25-10-3-5-14-29(25)35(32)36-30-15-6-4-11-26(30)18-20-33(36)48-24-34(43)41-31(16-7-8-21-39)38(45)40-28-13-9-12-27(23-28)37(44)42-46/h2-6,9-15,17-20,23,31,46H,1,7-8,16,21-22,24,39H2,(H,40,45)(H,41,43)(H,42,44)/t31-/m1/s1. The molecule has 0 radical (unpaired) electrons. The van der Waals surface area contributed by atoms with Crippen molar-refractivity contribution in [2.24, 2.45) is 5.73 Å². The number of anilines is 1. The minimum Gasteiger partial charge on any atom is -0.489 e. The van der Waals surface area contributed by atoms with Crippen molar-refractivity contribution in [2.75, 3.05) is 25.1 Å². The van der Waals surface area contributed by atoms with Crippen LogP contribution in [0.4, 0.5) is 5.69 Å². The van der Waals surface area contributed by atoms with Crippen LogP contribution in [-0.2, 0) is 9.59 Å². The van der Waals surface area contributed by atoms with Crippen molar-refractivity contribution in [1.29, 1.82) is 0 Å². The van der Waals surface area contributed by atoms with E-state index >= 15 is 0 Å². The summed E-state index contributed by atoms with van der Waals surface area (Å²) in [6.07, 6.45) is 3.30. The summed E-state index contributed by atoms with van der Waals surface area (Å²) in [6.45, 7) is 4.20. The van der Waals surface area contributed by atoms with E-state index in [1.807, 2.05) is 72.8 Å². The normalized spacial score (nSPS) is 11.5. The summed E-state index contributed by atoms with van der Waals surface area (Å²) in [4.78, 5) is 38.5. The third kappa shape index (κ3) is 7.98. The number of nitrogens with one attached hydrogen (secondary N) is 3. The van der Waals surface area contributed by atoms with Crippen molar-refractivity contribution in [3.05, 3.63) is 115 Å². The Morgan fingerprint density at radius 1 is 0.812 bits per heavy atom. The Morgan fingerprint density at radius 2 is 1.46 bits per heavy atom. The lowest BCUT2D eigenvalue weighted by atomic mass is 9.92. The maximum Gasteiger partial charge on any atom is 0.274 e. The Labute approximate surface area is 278 Å². The van der Waals surface area contributed by atoms with Crippen LogP contribution in [0.2, 0.25) is 0 Å². The molecule has 0 bridgehead atoms. The first-order valence-corrected chi connectivity index (χ1v) is 15.7. The van der Waals surface area contributed by atoms with Gasteiger partial charge in [0.25, 0.3) is 11.8 Å². The van der Waals surface area contributed by atoms with E-state index in [4.69, 9.17) is 20.4 Å². The summed E-state index contributed by atoms with van der Waals surface area (Å²) < 4.78 is 12.4. The van der Waals surface area contributed by atoms with Crippen LogP contribution in [0.15, 0.2) is 110 Å². The van der Waals surface area contributed by atoms with Crippen molar-refractivity contribution >= 4 is 45.0 Å². The van der Waals surface area contributed by atoms with E-state index in [1.54, 1.807) is 23.7 Å². The number of nitrogens with two attached hydrogens (primary N) is 1. The van der Waals surface area contributed by atoms with Crippen LogP contribution in [0.5, 0.6) is 11.5 Å². The third-order valence-electron chi connectivity index (χ3n) is 7.84. The van der Waals surface area contributed by atoms with Crippen LogP contribution in [0.25, 0.3) is 32.7 Å². The summed E-state index contributed by atoms with van der Waals surface area (Å²) >= 11 is 0. The van der Waals surface area contributed by atoms with E-state index in [1.165, 1.54) is 12.1 Å². The monoisotopic (exact) mass is 646 g/mol. The molecule has 0 aliphatic heterocycles. The second-order valence-corrected chi connectivity index (χ2v) is 11.1. The van der Waals surface area contributed by atoms with Gasteiger partial charge in [0.2, 0.25) is 5.91 Å². The summed E-state index contributed by atoms with van der Waals surface area (Å²) in [6, 6.07) is 28.9. The predicted octanol–water partition coefficient (Wildman–Crippen LogP) is 5.98. The number of amides is 3. The molecule has 5 aromatic rings. The van der Waals surface area contributed by atoms with Crippen LogP contribution < -0.4 is 31.3 Å². The van der Waals surface area contributed by atoms with Gasteiger partial charge in [-0.15, -0.1) is 0 Å². The quantitative estimate of drug-likeness (QED) is 0.0406. The fraction of sp³-hybridized carbons (Fsp3) is 0.184. The number of fused-ring (bicyclic) bond motifs is 2. The number of rotatable bonds is 15. The number of carbonyl (C=O) groups is 3. The lowest BCUT2D eigenvalue weighted by molar-refractivity contribution is -0.128. The highest BCUT2D eigenvalue weighted by Crippen LogP contribution is 2.45. The highest BCUT2D eigenvalue weighted by atomic mass is 16.5. The molecule has 0 spiro atoms. The molecular formula is C38H38N4O6. The van der Waals surface area contributed by atoms with Gasteiger partial charge in [-0.05, 0) is 77.7 Å². The Bertz CT molecular complexity index is 1940. The zero-order chi connectivity index (χ0) is 33.9. The van der Waals surface area contributed by atoms with Crippen LogP contribution in [0.1, 0.15) is 29.6 Å². The minimum atomic E-state index is -0.893. The van der Waals surface area contributed by atoms with E-state index in [-0.39, 0.29) is 12.2 Å². The SMILES string of the molecule is C=CCOc1ccc2ccccc2c1-c1c(OCC(=O)N[C@H](CCCCN)C(=O)Nc2cccc(C(=O)NO)c2)ccc2ccccc12. The van der Waals surface area contributed by atoms with Gasteiger partial charge in [0.15, 0.2) is 6.61 Å². The van der Waals surface area contributed by atoms with Gasteiger partial charge in [-0.1, -0.05) is 79.4 Å². The maximum atomic E-state index is 13.4. The first kappa shape index (κ1) is 33.6. The molecule has 48 heavy (non-hydrogen) atoms. The second kappa shape index (κ2) is 16.2. The van der Waals surface area contributed by atoms with E-state index in [0.29, 0.717) is 49.6 Å². The minimum absolute atomic E-state index is 0.155. The molecule has 0 aliphatic carbocycles. The number of carbonyl (C=O) groups excluding carboxylic acids is 3. The molecule has 3 amide bonds. The molecule has 1 atom stereocenters. The smallest absolute Gasteiger partial charge is 0.274 e. The Balaban J connectivity index is 1.42. The molecule has 246 valence electrons. The molecule has 5 aromatic carbocycles. The number of benzene rings is 5. The second-order valence-electron chi connectivity index (χ2n) is 11.1. The van der Waals surface area contributed by atoms with Gasteiger partial charge in [-0.2, -0.15) is 0 Å². The number of hydrogen-bond donors (Lipinski definition) is 5. The van der Waals surface area contributed by atoms with Gasteiger partial charge in [0, 0.05) is 22.4 Å². The first-order valence-electron chi connectivity index (χ1n) is 15.7. The summed E-state index contributed by atoms with van der Waals surface area (Å²) in [5, 5.41) is 18.4. The largest absolute Gasteiger partial charge is 0.489 e. The first-order chi connectivity index (χ1) is 23.4. The lowest BCUT2D eigenvalue weighted by Gasteiger charge is -2.21. The number of unbranched alkanes of at least 4 members (excludes halogenated alkanes) is 1. The Morgan fingerprint density at radius 3 is 2.08 bits per heavy atom. The zero-order valence-electron chi connectivity index (χ0n) is 26.4. The molecule has 0 aromatic heterocycles. The van der Waals surface area contributed by atoms with E-state index in [2.05, 4.69) is 17.2 Å². The third-order valence-corrected chi connectivity index (χ3v) is 7.84. The van der Waals surface area contributed by atoms with Crippen LogP contribution in [0, 0.1) is 0 Å². The highest BCUT2D eigenvalue weighted by Gasteiger charge is 2.23. The molecule has 0 fully saturated rings.